The standard InChI is InChI=1S/C35H66O5/c1-3-5-7-9-11-13-15-16-18-19-21-23-25-27-31(29-33(38)35(40)34(39)30-36)32(37)28-26-24-22-20-17-14-12-10-8-6-4-2/h16,18,31,34-36,39-40H,3-15,17,19-30H2,1-2H3/b18-16-. The van der Waals surface area contributed by atoms with Gasteiger partial charge in [0.25, 0.3) is 0 Å². The molecule has 3 N–H and O–H groups in total. The van der Waals surface area contributed by atoms with E-state index in [4.69, 9.17) is 5.11 Å². The van der Waals surface area contributed by atoms with Crippen LogP contribution in [-0.4, -0.2) is 45.7 Å². The Bertz CT molecular complexity index is 603. The summed E-state index contributed by atoms with van der Waals surface area (Å²) < 4.78 is 0. The van der Waals surface area contributed by atoms with Gasteiger partial charge in [-0.2, -0.15) is 0 Å². The van der Waals surface area contributed by atoms with Gasteiger partial charge in [0.2, 0.25) is 0 Å². The Kier molecular flexibility index (Phi) is 28.7. The monoisotopic (exact) mass is 566 g/mol. The van der Waals surface area contributed by atoms with Crippen LogP contribution in [0.4, 0.5) is 0 Å². The summed E-state index contributed by atoms with van der Waals surface area (Å²) in [7, 11) is 0. The average molecular weight is 567 g/mol. The van der Waals surface area contributed by atoms with Crippen LogP contribution in [0.1, 0.15) is 174 Å². The average Bonchev–Trinajstić information content (AvgIpc) is 2.96. The normalized spacial score (nSPS) is 14.0. The molecule has 0 radical (unpaired) electrons. The molecule has 5 heteroatoms. The van der Waals surface area contributed by atoms with E-state index in [0.29, 0.717) is 12.8 Å². The first-order chi connectivity index (χ1) is 19.5. The van der Waals surface area contributed by atoms with Gasteiger partial charge in [0.1, 0.15) is 18.0 Å². The maximum Gasteiger partial charge on any atom is 0.164 e. The Morgan fingerprint density at radius 2 is 1.00 bits per heavy atom. The van der Waals surface area contributed by atoms with Crippen LogP contribution in [0.5, 0.6) is 0 Å². The predicted molar refractivity (Wildman–Crippen MR) is 169 cm³/mol. The van der Waals surface area contributed by atoms with E-state index in [-0.39, 0.29) is 12.2 Å². The largest absolute Gasteiger partial charge is 0.394 e. The van der Waals surface area contributed by atoms with Gasteiger partial charge in [-0.25, -0.2) is 0 Å². The van der Waals surface area contributed by atoms with E-state index < -0.39 is 30.5 Å². The summed E-state index contributed by atoms with van der Waals surface area (Å²) >= 11 is 0. The molecule has 0 saturated carbocycles. The number of aliphatic hydroxyl groups excluding tert-OH is 3. The number of unbranched alkanes of at least 4 members (excludes halogenated alkanes) is 19. The second-order valence-electron chi connectivity index (χ2n) is 12.0. The third-order valence-corrected chi connectivity index (χ3v) is 8.13. The highest BCUT2D eigenvalue weighted by Gasteiger charge is 2.28. The molecule has 0 fully saturated rings. The number of aliphatic hydroxyl groups is 3. The number of rotatable bonds is 31. The molecule has 0 spiro atoms. The lowest BCUT2D eigenvalue weighted by Gasteiger charge is -2.19. The highest BCUT2D eigenvalue weighted by atomic mass is 16.4. The molecule has 0 rings (SSSR count). The first kappa shape index (κ1) is 39.0. The summed E-state index contributed by atoms with van der Waals surface area (Å²) in [6.07, 6.45) is 29.2. The molecule has 0 aromatic heterocycles. The number of hydrogen-bond donors (Lipinski definition) is 3. The van der Waals surface area contributed by atoms with Crippen molar-refractivity contribution in [2.45, 2.75) is 187 Å². The molecule has 0 bridgehead atoms. The second-order valence-corrected chi connectivity index (χ2v) is 12.0. The SMILES string of the molecule is CCCCCCCC/C=C\CCCCCC(CC(=O)C(O)C(O)CO)C(=O)CCCCCCCCCCCCC. The highest BCUT2D eigenvalue weighted by molar-refractivity contribution is 5.90. The van der Waals surface area contributed by atoms with Gasteiger partial charge in [-0.3, -0.25) is 9.59 Å². The van der Waals surface area contributed by atoms with Gasteiger partial charge in [0, 0.05) is 18.8 Å². The number of allylic oxidation sites excluding steroid dienone is 2. The number of carbonyl (C=O) groups is 2. The van der Waals surface area contributed by atoms with Crippen molar-refractivity contribution in [2.75, 3.05) is 6.61 Å². The van der Waals surface area contributed by atoms with E-state index in [9.17, 15) is 19.8 Å². The van der Waals surface area contributed by atoms with Gasteiger partial charge in [0.05, 0.1) is 6.61 Å². The van der Waals surface area contributed by atoms with Crippen LogP contribution in [0, 0.1) is 5.92 Å². The minimum atomic E-state index is -1.63. The van der Waals surface area contributed by atoms with Gasteiger partial charge >= 0.3 is 0 Å². The lowest BCUT2D eigenvalue weighted by atomic mass is 9.87. The lowest BCUT2D eigenvalue weighted by molar-refractivity contribution is -0.138. The van der Waals surface area contributed by atoms with Crippen LogP contribution in [0.25, 0.3) is 0 Å². The first-order valence-corrected chi connectivity index (χ1v) is 17.1. The van der Waals surface area contributed by atoms with E-state index in [0.717, 1.165) is 51.4 Å². The molecule has 0 aliphatic heterocycles. The Hall–Kier alpha value is -1.04. The molecule has 236 valence electrons. The molecule has 0 aromatic rings. The van der Waals surface area contributed by atoms with Gasteiger partial charge < -0.3 is 15.3 Å². The van der Waals surface area contributed by atoms with E-state index >= 15 is 0 Å². The molecule has 40 heavy (non-hydrogen) atoms. The maximum atomic E-state index is 13.0. The predicted octanol–water partition coefficient (Wildman–Crippen LogP) is 8.80. The quantitative estimate of drug-likeness (QED) is 0.0576. The van der Waals surface area contributed by atoms with Crippen molar-refractivity contribution < 1.29 is 24.9 Å². The zero-order valence-corrected chi connectivity index (χ0v) is 26.4. The third kappa shape index (κ3) is 23.6. The molecule has 0 aromatic carbocycles. The fourth-order valence-corrected chi connectivity index (χ4v) is 5.33. The van der Waals surface area contributed by atoms with Crippen molar-refractivity contribution in [3.63, 3.8) is 0 Å². The van der Waals surface area contributed by atoms with Crippen molar-refractivity contribution in [1.29, 1.82) is 0 Å². The van der Waals surface area contributed by atoms with Crippen LogP contribution in [-0.2, 0) is 9.59 Å². The number of Topliss-reactive ketones (excluding diaryl/α,β-unsaturated/α-hetero) is 2. The summed E-state index contributed by atoms with van der Waals surface area (Å²) in [5.74, 6) is -0.843. The smallest absolute Gasteiger partial charge is 0.164 e. The Morgan fingerprint density at radius 1 is 0.575 bits per heavy atom. The van der Waals surface area contributed by atoms with Crippen LogP contribution in [0.15, 0.2) is 12.2 Å². The Labute approximate surface area is 247 Å². The molecule has 0 saturated heterocycles. The summed E-state index contributed by atoms with van der Waals surface area (Å²) in [6.45, 7) is 3.82. The molecule has 5 nitrogen and oxygen atoms in total. The molecule has 0 aliphatic rings. The van der Waals surface area contributed by atoms with E-state index in [1.54, 1.807) is 0 Å². The minimum absolute atomic E-state index is 0.0484. The fourth-order valence-electron chi connectivity index (χ4n) is 5.33. The van der Waals surface area contributed by atoms with Gasteiger partial charge in [-0.05, 0) is 38.5 Å². The zero-order valence-electron chi connectivity index (χ0n) is 26.4. The minimum Gasteiger partial charge on any atom is -0.394 e. The summed E-state index contributed by atoms with van der Waals surface area (Å²) in [4.78, 5) is 25.5. The lowest BCUT2D eigenvalue weighted by Crippen LogP contribution is -2.38. The molecule has 3 unspecified atom stereocenters. The van der Waals surface area contributed by atoms with Crippen molar-refractivity contribution in [3.05, 3.63) is 12.2 Å². The van der Waals surface area contributed by atoms with Gasteiger partial charge in [0.15, 0.2) is 5.78 Å². The zero-order chi connectivity index (χ0) is 29.7. The van der Waals surface area contributed by atoms with Crippen LogP contribution in [0.3, 0.4) is 0 Å². The van der Waals surface area contributed by atoms with Crippen molar-refractivity contribution in [3.8, 4) is 0 Å². The van der Waals surface area contributed by atoms with Gasteiger partial charge in [-0.15, -0.1) is 0 Å². The van der Waals surface area contributed by atoms with E-state index in [1.807, 2.05) is 0 Å². The first-order valence-electron chi connectivity index (χ1n) is 17.1. The van der Waals surface area contributed by atoms with Gasteiger partial charge in [-0.1, -0.05) is 135 Å². The number of hydrogen-bond acceptors (Lipinski definition) is 5. The van der Waals surface area contributed by atoms with Crippen LogP contribution in [0.2, 0.25) is 0 Å². The van der Waals surface area contributed by atoms with Crippen LogP contribution >= 0.6 is 0 Å². The van der Waals surface area contributed by atoms with Crippen molar-refractivity contribution in [1.82, 2.24) is 0 Å². The summed E-state index contributed by atoms with van der Waals surface area (Å²) in [5.41, 5.74) is 0. The summed E-state index contributed by atoms with van der Waals surface area (Å²) in [5, 5.41) is 28.7. The maximum absolute atomic E-state index is 13.0. The number of ketones is 2. The third-order valence-electron chi connectivity index (χ3n) is 8.13. The molecule has 0 amide bonds. The number of carbonyl (C=O) groups excluding carboxylic acids is 2. The highest BCUT2D eigenvalue weighted by Crippen LogP contribution is 2.21. The van der Waals surface area contributed by atoms with E-state index in [1.165, 1.54) is 89.9 Å². The Morgan fingerprint density at radius 3 is 1.48 bits per heavy atom. The van der Waals surface area contributed by atoms with Crippen molar-refractivity contribution >= 4 is 11.6 Å². The molecule has 3 atom stereocenters. The molecule has 0 heterocycles. The van der Waals surface area contributed by atoms with Crippen LogP contribution < -0.4 is 0 Å². The van der Waals surface area contributed by atoms with E-state index in [2.05, 4.69) is 26.0 Å². The topological polar surface area (TPSA) is 94.8 Å². The second kappa shape index (κ2) is 29.5. The molecule has 0 aliphatic carbocycles. The molecular formula is C35H66O5. The van der Waals surface area contributed by atoms with Crippen molar-refractivity contribution in [2.24, 2.45) is 5.92 Å². The fraction of sp³-hybridized carbons (Fsp3) is 0.886. The summed E-state index contributed by atoms with van der Waals surface area (Å²) in [6, 6.07) is 0. The Balaban J connectivity index is 4.27. The molecular weight excluding hydrogens is 500 g/mol.